The van der Waals surface area contributed by atoms with Crippen molar-refractivity contribution in [1.29, 1.82) is 5.26 Å². The van der Waals surface area contributed by atoms with Gasteiger partial charge in [-0.3, -0.25) is 0 Å². The summed E-state index contributed by atoms with van der Waals surface area (Å²) in [6, 6.07) is 2.03. The fourth-order valence-corrected chi connectivity index (χ4v) is 0.792. The Morgan fingerprint density at radius 3 is 2.75 bits per heavy atom. The third-order valence-electron chi connectivity index (χ3n) is 1.49. The van der Waals surface area contributed by atoms with Crippen LogP contribution in [0.5, 0.6) is 0 Å². The van der Waals surface area contributed by atoms with Gasteiger partial charge in [0.15, 0.2) is 0 Å². The van der Waals surface area contributed by atoms with Crippen molar-refractivity contribution >= 4 is 0 Å². The normalized spacial score (nSPS) is 9.67. The van der Waals surface area contributed by atoms with Crippen LogP contribution in [0.25, 0.3) is 0 Å². The highest BCUT2D eigenvalue weighted by molar-refractivity contribution is 4.72. The van der Waals surface area contributed by atoms with Crippen LogP contribution in [0.15, 0.2) is 0 Å². The van der Waals surface area contributed by atoms with Gasteiger partial charge in [-0.1, -0.05) is 13.3 Å². The maximum atomic E-state index is 8.20. The van der Waals surface area contributed by atoms with Crippen LogP contribution in [0.2, 0.25) is 0 Å². The third kappa shape index (κ3) is 9.41. The first-order valence-corrected chi connectivity index (χ1v) is 4.57. The average molecular weight is 170 g/mol. The largest absolute Gasteiger partial charge is 0.381 e. The Balaban J connectivity index is 2.78. The molecule has 0 aliphatic rings. The minimum atomic E-state index is 0.439. The fourth-order valence-electron chi connectivity index (χ4n) is 0.792. The Morgan fingerprint density at radius 2 is 2.08 bits per heavy atom. The zero-order valence-electron chi connectivity index (χ0n) is 7.81. The zero-order valence-corrected chi connectivity index (χ0v) is 7.81. The minimum Gasteiger partial charge on any atom is -0.381 e. The molecule has 0 rings (SSSR count). The second kappa shape index (κ2) is 10.4. The van der Waals surface area contributed by atoms with E-state index < -0.39 is 0 Å². The minimum absolute atomic E-state index is 0.439. The van der Waals surface area contributed by atoms with E-state index in [0.717, 1.165) is 32.6 Å². The number of hydrogen-bond donors (Lipinski definition) is 1. The molecule has 0 unspecified atom stereocenters. The molecule has 0 heterocycles. The van der Waals surface area contributed by atoms with Gasteiger partial charge >= 0.3 is 0 Å². The summed E-state index contributed by atoms with van der Waals surface area (Å²) in [5.41, 5.74) is 0. The summed E-state index contributed by atoms with van der Waals surface area (Å²) in [4.78, 5) is 0. The van der Waals surface area contributed by atoms with Crippen molar-refractivity contribution in [2.75, 3.05) is 26.3 Å². The molecule has 0 aliphatic carbocycles. The van der Waals surface area contributed by atoms with E-state index >= 15 is 0 Å². The van der Waals surface area contributed by atoms with Crippen molar-refractivity contribution in [1.82, 2.24) is 5.32 Å². The second-order valence-corrected chi connectivity index (χ2v) is 2.65. The van der Waals surface area contributed by atoms with Crippen LogP contribution in [-0.4, -0.2) is 26.3 Å². The van der Waals surface area contributed by atoms with E-state index in [4.69, 9.17) is 10.00 Å². The monoisotopic (exact) mass is 170 g/mol. The molecule has 0 aromatic rings. The summed E-state index contributed by atoms with van der Waals surface area (Å²) in [7, 11) is 0. The standard InChI is InChI=1S/C9H18N2O/c1-2-3-8-12-9-4-6-11-7-5-10/h11H,2-4,6-9H2,1H3. The van der Waals surface area contributed by atoms with Crippen LogP contribution in [-0.2, 0) is 4.74 Å². The average Bonchev–Trinajstić information content (AvgIpc) is 2.10. The summed E-state index contributed by atoms with van der Waals surface area (Å²) >= 11 is 0. The molecule has 1 N–H and O–H groups in total. The fraction of sp³-hybridized carbons (Fsp3) is 0.889. The summed E-state index contributed by atoms with van der Waals surface area (Å²) in [6.45, 7) is 5.14. The van der Waals surface area contributed by atoms with Gasteiger partial charge in [-0.15, -0.1) is 0 Å². The number of ether oxygens (including phenoxy) is 1. The van der Waals surface area contributed by atoms with E-state index in [1.807, 2.05) is 6.07 Å². The molecule has 0 saturated heterocycles. The Labute approximate surface area is 74.7 Å². The molecule has 0 aliphatic heterocycles. The van der Waals surface area contributed by atoms with E-state index in [2.05, 4.69) is 12.2 Å². The third-order valence-corrected chi connectivity index (χ3v) is 1.49. The van der Waals surface area contributed by atoms with Gasteiger partial charge in [0.05, 0.1) is 12.6 Å². The van der Waals surface area contributed by atoms with Crippen LogP contribution in [0.3, 0.4) is 0 Å². The Kier molecular flexibility index (Phi) is 9.90. The lowest BCUT2D eigenvalue weighted by Crippen LogP contribution is -2.16. The summed E-state index contributed by atoms with van der Waals surface area (Å²) in [5.74, 6) is 0. The number of nitriles is 1. The quantitative estimate of drug-likeness (QED) is 0.441. The molecule has 0 aromatic carbocycles. The molecule has 0 spiro atoms. The van der Waals surface area contributed by atoms with Gasteiger partial charge in [-0.05, 0) is 19.4 Å². The molecule has 0 atom stereocenters. The smallest absolute Gasteiger partial charge is 0.0840 e. The van der Waals surface area contributed by atoms with Crippen molar-refractivity contribution in [3.8, 4) is 6.07 Å². The van der Waals surface area contributed by atoms with Crippen LogP contribution >= 0.6 is 0 Å². The van der Waals surface area contributed by atoms with Crippen molar-refractivity contribution in [3.05, 3.63) is 0 Å². The number of nitrogens with one attached hydrogen (secondary N) is 1. The molecular weight excluding hydrogens is 152 g/mol. The van der Waals surface area contributed by atoms with Gasteiger partial charge in [0.1, 0.15) is 0 Å². The molecule has 70 valence electrons. The molecule has 0 amide bonds. The lowest BCUT2D eigenvalue weighted by Gasteiger charge is -2.02. The van der Waals surface area contributed by atoms with Gasteiger partial charge in [0.2, 0.25) is 0 Å². The van der Waals surface area contributed by atoms with E-state index in [9.17, 15) is 0 Å². The number of rotatable bonds is 8. The topological polar surface area (TPSA) is 45.0 Å². The van der Waals surface area contributed by atoms with E-state index in [1.54, 1.807) is 0 Å². The molecule has 0 radical (unpaired) electrons. The first-order chi connectivity index (χ1) is 5.91. The van der Waals surface area contributed by atoms with Crippen LogP contribution in [0.1, 0.15) is 26.2 Å². The number of nitrogens with zero attached hydrogens (tertiary/aromatic N) is 1. The highest BCUT2D eigenvalue weighted by Gasteiger charge is 1.88. The molecule has 3 nitrogen and oxygen atoms in total. The van der Waals surface area contributed by atoms with Crippen molar-refractivity contribution in [2.45, 2.75) is 26.2 Å². The molecule has 12 heavy (non-hydrogen) atoms. The summed E-state index contributed by atoms with van der Waals surface area (Å²) in [5, 5.41) is 11.2. The zero-order chi connectivity index (χ0) is 9.07. The predicted octanol–water partition coefficient (Wildman–Crippen LogP) is 1.31. The number of unbranched alkanes of at least 4 members (excludes halogenated alkanes) is 1. The van der Waals surface area contributed by atoms with Gasteiger partial charge in [-0.2, -0.15) is 5.26 Å². The summed E-state index contributed by atoms with van der Waals surface area (Å²) < 4.78 is 5.33. The van der Waals surface area contributed by atoms with Crippen LogP contribution < -0.4 is 5.32 Å². The summed E-state index contributed by atoms with van der Waals surface area (Å²) in [6.07, 6.45) is 3.32. The van der Waals surface area contributed by atoms with Crippen molar-refractivity contribution < 1.29 is 4.74 Å². The van der Waals surface area contributed by atoms with E-state index in [0.29, 0.717) is 6.54 Å². The molecule has 0 fully saturated rings. The van der Waals surface area contributed by atoms with E-state index in [-0.39, 0.29) is 0 Å². The highest BCUT2D eigenvalue weighted by atomic mass is 16.5. The van der Waals surface area contributed by atoms with Crippen LogP contribution in [0, 0.1) is 11.3 Å². The van der Waals surface area contributed by atoms with Gasteiger partial charge < -0.3 is 10.1 Å². The molecule has 0 bridgehead atoms. The molecule has 3 heteroatoms. The molecular formula is C9H18N2O. The first-order valence-electron chi connectivity index (χ1n) is 4.57. The lowest BCUT2D eigenvalue weighted by atomic mass is 10.4. The van der Waals surface area contributed by atoms with Gasteiger partial charge in [0, 0.05) is 13.2 Å². The highest BCUT2D eigenvalue weighted by Crippen LogP contribution is 1.88. The lowest BCUT2D eigenvalue weighted by molar-refractivity contribution is 0.129. The number of hydrogen-bond acceptors (Lipinski definition) is 3. The molecule has 0 saturated carbocycles. The van der Waals surface area contributed by atoms with Gasteiger partial charge in [0.25, 0.3) is 0 Å². The maximum absolute atomic E-state index is 8.20. The molecule has 0 aromatic heterocycles. The van der Waals surface area contributed by atoms with Crippen LogP contribution in [0.4, 0.5) is 0 Å². The predicted molar refractivity (Wildman–Crippen MR) is 48.8 cm³/mol. The SMILES string of the molecule is CCCCOCCCNCC#N. The van der Waals surface area contributed by atoms with E-state index in [1.165, 1.54) is 6.42 Å². The second-order valence-electron chi connectivity index (χ2n) is 2.65. The Morgan fingerprint density at radius 1 is 1.33 bits per heavy atom. The van der Waals surface area contributed by atoms with Crippen molar-refractivity contribution in [2.24, 2.45) is 0 Å². The van der Waals surface area contributed by atoms with Gasteiger partial charge in [-0.25, -0.2) is 0 Å². The Hall–Kier alpha value is -0.590. The maximum Gasteiger partial charge on any atom is 0.0840 e. The van der Waals surface area contributed by atoms with Crippen molar-refractivity contribution in [3.63, 3.8) is 0 Å². The Bertz CT molecular complexity index is 120. The first kappa shape index (κ1) is 11.4.